The molecule has 0 saturated heterocycles. The van der Waals surface area contributed by atoms with Crippen LogP contribution in [0.5, 0.6) is 23.0 Å². The van der Waals surface area contributed by atoms with Gasteiger partial charge in [0.05, 0.1) is 18.2 Å². The number of carbonyl (C=O) groups is 4. The molecule has 0 spiro atoms. The molecule has 1 aliphatic carbocycles. The van der Waals surface area contributed by atoms with Crippen molar-refractivity contribution in [3.05, 3.63) is 281 Å². The number of rotatable bonds is 14. The second kappa shape index (κ2) is 27.8. The number of anilines is 3. The van der Waals surface area contributed by atoms with Gasteiger partial charge in [0, 0.05) is 29.4 Å². The van der Waals surface area contributed by atoms with E-state index in [1.807, 2.05) is 97.1 Å². The Balaban J connectivity index is 0.000000213. The number of benzene rings is 9. The van der Waals surface area contributed by atoms with Crippen molar-refractivity contribution in [1.82, 2.24) is 0 Å². The van der Waals surface area contributed by atoms with Gasteiger partial charge in [0.25, 0.3) is 0 Å². The molecule has 1 aliphatic rings. The molecular formula is C72H67NO8. The van der Waals surface area contributed by atoms with Crippen LogP contribution in [0.4, 0.5) is 17.1 Å². The van der Waals surface area contributed by atoms with Crippen LogP contribution in [0.3, 0.4) is 0 Å². The van der Waals surface area contributed by atoms with Crippen LogP contribution in [0.2, 0.25) is 0 Å². The number of aryl methyl sites for hydroxylation is 2. The smallest absolute Gasteiger partial charge is 0.343 e. The van der Waals surface area contributed by atoms with Gasteiger partial charge < -0.3 is 28.6 Å². The highest BCUT2D eigenvalue weighted by atomic mass is 16.5. The highest BCUT2D eigenvalue weighted by Crippen LogP contribution is 2.46. The Morgan fingerprint density at radius 2 is 0.765 bits per heavy atom. The Morgan fingerprint density at radius 1 is 0.407 bits per heavy atom. The van der Waals surface area contributed by atoms with Crippen molar-refractivity contribution in [3.8, 4) is 23.0 Å². The average Bonchev–Trinajstić information content (AvgIpc) is 3.54. The van der Waals surface area contributed by atoms with Gasteiger partial charge in [0.15, 0.2) is 0 Å². The number of Topliss-reactive ketones (excluding diaryl/α,β-unsaturated/α-hetero) is 1. The lowest BCUT2D eigenvalue weighted by atomic mass is 9.65. The SMILES string of the molecule is CC(=O)Oc1ccc(C2(c3ccc(OC(=O)c4ccccc4)cc3)CCCCC2)cc1.CC(C)=O.COc1ccc(/C(=C/c2ccc(N(c3ccc(C)cc3)c3ccc(C)cc3)cc2)c2ccc(OC(=O)c3ccccc3)cc2)cc1. The molecule has 1 fully saturated rings. The lowest BCUT2D eigenvalue weighted by Crippen LogP contribution is -2.30. The first-order valence-corrected chi connectivity index (χ1v) is 27.2. The number of nitrogens with zero attached hydrogens (tertiary/aromatic N) is 1. The zero-order valence-corrected chi connectivity index (χ0v) is 46.8. The summed E-state index contributed by atoms with van der Waals surface area (Å²) in [7, 11) is 1.67. The maximum atomic E-state index is 12.6. The van der Waals surface area contributed by atoms with E-state index in [4.69, 9.17) is 18.9 Å². The van der Waals surface area contributed by atoms with E-state index in [0.29, 0.717) is 28.4 Å². The standard InChI is InChI=1S/C42H35NO3.C27H26O4.C3H6O/c1-30-9-19-36(20-10-30)43(37-21-11-31(2)12-22-37)38-23-13-32(14-24-38)29-41(33-15-25-39(45-3)26-16-33)34-17-27-40(28-18-34)46-42(44)35-7-5-4-6-8-35;1-20(28)30-24-14-10-22(11-15-24)27(18-6-3-7-19-27)23-12-16-25(17-13-23)31-26(29)21-8-4-2-5-9-21;1-3(2)4/h4-29H,1-3H3;2,4-5,8-17H,3,6-7,18-19H2,1H3;1-2H3/b41-29-;;. The largest absolute Gasteiger partial charge is 0.497 e. The summed E-state index contributed by atoms with van der Waals surface area (Å²) in [5.74, 6) is 1.48. The normalized spacial score (nSPS) is 12.4. The van der Waals surface area contributed by atoms with Gasteiger partial charge in [-0.1, -0.05) is 152 Å². The molecule has 9 nitrogen and oxygen atoms in total. The Hall–Kier alpha value is -9.60. The van der Waals surface area contributed by atoms with E-state index >= 15 is 0 Å². The summed E-state index contributed by atoms with van der Waals surface area (Å²) in [5, 5.41) is 0. The second-order valence-electron chi connectivity index (χ2n) is 20.1. The van der Waals surface area contributed by atoms with Crippen molar-refractivity contribution in [3.63, 3.8) is 0 Å². The summed E-state index contributed by atoms with van der Waals surface area (Å²) >= 11 is 0. The van der Waals surface area contributed by atoms with E-state index in [1.54, 1.807) is 31.4 Å². The molecule has 0 radical (unpaired) electrons. The van der Waals surface area contributed by atoms with Crippen molar-refractivity contribution in [2.75, 3.05) is 12.0 Å². The molecule has 81 heavy (non-hydrogen) atoms. The minimum atomic E-state index is -0.385. The summed E-state index contributed by atoms with van der Waals surface area (Å²) in [6.45, 7) is 8.67. The average molecular weight is 1070 g/mol. The fourth-order valence-corrected chi connectivity index (χ4v) is 9.76. The monoisotopic (exact) mass is 1070 g/mol. The molecule has 0 atom stereocenters. The number of methoxy groups -OCH3 is 1. The van der Waals surface area contributed by atoms with Gasteiger partial charge >= 0.3 is 17.9 Å². The Labute approximate surface area is 476 Å². The fourth-order valence-electron chi connectivity index (χ4n) is 9.76. The molecule has 9 aromatic carbocycles. The summed E-state index contributed by atoms with van der Waals surface area (Å²) in [5.41, 5.74) is 13.2. The van der Waals surface area contributed by atoms with Gasteiger partial charge in [-0.05, 0) is 189 Å². The van der Waals surface area contributed by atoms with Crippen LogP contribution in [0.15, 0.2) is 231 Å². The number of esters is 3. The van der Waals surface area contributed by atoms with E-state index in [1.165, 1.54) is 49.4 Å². The van der Waals surface area contributed by atoms with Gasteiger partial charge in [0.2, 0.25) is 0 Å². The molecule has 9 heteroatoms. The molecule has 408 valence electrons. The topological polar surface area (TPSA) is 108 Å². The molecule has 9 aromatic rings. The van der Waals surface area contributed by atoms with Gasteiger partial charge in [-0.25, -0.2) is 9.59 Å². The first kappa shape index (κ1) is 57.6. The van der Waals surface area contributed by atoms with Crippen LogP contribution < -0.4 is 23.8 Å². The summed E-state index contributed by atoms with van der Waals surface area (Å²) < 4.78 is 21.8. The molecule has 0 unspecified atom stereocenters. The minimum Gasteiger partial charge on any atom is -0.497 e. The van der Waals surface area contributed by atoms with Gasteiger partial charge in [-0.3, -0.25) is 4.79 Å². The first-order valence-electron chi connectivity index (χ1n) is 27.2. The molecule has 0 aromatic heterocycles. The number of ether oxygens (including phenoxy) is 4. The molecule has 1 saturated carbocycles. The Bertz CT molecular complexity index is 3470. The third-order valence-corrected chi connectivity index (χ3v) is 13.8. The molecule has 0 amide bonds. The molecule has 10 rings (SSSR count). The zero-order valence-electron chi connectivity index (χ0n) is 46.8. The number of carbonyl (C=O) groups excluding carboxylic acids is 4. The van der Waals surface area contributed by atoms with Crippen molar-refractivity contribution in [2.24, 2.45) is 0 Å². The van der Waals surface area contributed by atoms with Gasteiger partial charge in [-0.2, -0.15) is 0 Å². The number of hydrogen-bond donors (Lipinski definition) is 0. The minimum absolute atomic E-state index is 0.0883. The van der Waals surface area contributed by atoms with Crippen molar-refractivity contribution >= 4 is 52.4 Å². The van der Waals surface area contributed by atoms with Gasteiger partial charge in [0.1, 0.15) is 28.8 Å². The predicted molar refractivity (Wildman–Crippen MR) is 324 cm³/mol. The van der Waals surface area contributed by atoms with E-state index < -0.39 is 0 Å². The third-order valence-electron chi connectivity index (χ3n) is 13.8. The molecule has 0 aliphatic heterocycles. The van der Waals surface area contributed by atoms with Crippen LogP contribution in [-0.4, -0.2) is 30.8 Å². The molecule has 0 bridgehead atoms. The zero-order chi connectivity index (χ0) is 57.1. The Morgan fingerprint density at radius 3 is 1.15 bits per heavy atom. The second-order valence-corrected chi connectivity index (χ2v) is 20.1. The first-order chi connectivity index (χ1) is 39.3. The molecule has 0 heterocycles. The fraction of sp³-hybridized carbons (Fsp3) is 0.167. The predicted octanol–water partition coefficient (Wildman–Crippen LogP) is 17.3. The lowest BCUT2D eigenvalue weighted by Gasteiger charge is -2.38. The van der Waals surface area contributed by atoms with E-state index in [-0.39, 0.29) is 29.1 Å². The van der Waals surface area contributed by atoms with E-state index in [9.17, 15) is 19.2 Å². The van der Waals surface area contributed by atoms with Crippen LogP contribution in [0.25, 0.3) is 11.6 Å². The van der Waals surface area contributed by atoms with Crippen molar-refractivity contribution in [1.29, 1.82) is 0 Å². The number of hydrogen-bond acceptors (Lipinski definition) is 9. The Kier molecular flexibility index (Phi) is 19.8. The van der Waals surface area contributed by atoms with Crippen molar-refractivity contribution < 1.29 is 38.1 Å². The maximum absolute atomic E-state index is 12.6. The summed E-state index contributed by atoms with van der Waals surface area (Å²) in [4.78, 5) is 47.9. The van der Waals surface area contributed by atoms with Crippen LogP contribution in [0, 0.1) is 13.8 Å². The number of ketones is 1. The van der Waals surface area contributed by atoms with Gasteiger partial charge in [-0.15, -0.1) is 0 Å². The summed E-state index contributed by atoms with van der Waals surface area (Å²) in [6, 6.07) is 75.2. The molecular weight excluding hydrogens is 1010 g/mol. The lowest BCUT2D eigenvalue weighted by molar-refractivity contribution is -0.131. The van der Waals surface area contributed by atoms with E-state index in [0.717, 1.165) is 70.8 Å². The third kappa shape index (κ3) is 15.8. The molecule has 0 N–H and O–H groups in total. The highest BCUT2D eigenvalue weighted by Gasteiger charge is 2.36. The quantitative estimate of drug-likeness (QED) is 0.0597. The highest BCUT2D eigenvalue weighted by molar-refractivity contribution is 5.93. The van der Waals surface area contributed by atoms with Crippen LogP contribution >= 0.6 is 0 Å². The van der Waals surface area contributed by atoms with Crippen molar-refractivity contribution in [2.45, 2.75) is 72.1 Å². The van der Waals surface area contributed by atoms with Crippen LogP contribution in [-0.2, 0) is 15.0 Å². The van der Waals surface area contributed by atoms with E-state index in [2.05, 4.69) is 134 Å². The summed E-state index contributed by atoms with van der Waals surface area (Å²) in [6.07, 6.45) is 7.86. The van der Waals surface area contributed by atoms with Crippen LogP contribution in [0.1, 0.15) is 113 Å². The maximum Gasteiger partial charge on any atom is 0.343 e.